The van der Waals surface area contributed by atoms with Crippen molar-refractivity contribution in [1.29, 1.82) is 0 Å². The maximum absolute atomic E-state index is 9.00. The summed E-state index contributed by atoms with van der Waals surface area (Å²) in [7, 11) is 0. The van der Waals surface area contributed by atoms with Gasteiger partial charge < -0.3 is 10.0 Å². The number of hydrogen-bond acceptors (Lipinski definition) is 4. The Bertz CT molecular complexity index is 303. The van der Waals surface area contributed by atoms with Crippen molar-refractivity contribution in [1.82, 2.24) is 9.97 Å². The minimum Gasteiger partial charge on any atom is -0.396 e. The minimum atomic E-state index is 0.264. The molecule has 1 atom stereocenters. The van der Waals surface area contributed by atoms with Crippen LogP contribution >= 0.6 is 15.9 Å². The summed E-state index contributed by atoms with van der Waals surface area (Å²) in [6, 6.07) is 0. The van der Waals surface area contributed by atoms with Crippen LogP contribution in [-0.2, 0) is 0 Å². The standard InChI is InChI=1S/C9H12BrN3O/c10-8-3-12-9(4-11-8)13-2-1-7(5-13)6-14/h3-4,7,14H,1-2,5-6H2. The lowest BCUT2D eigenvalue weighted by atomic mass is 10.1. The summed E-state index contributed by atoms with van der Waals surface area (Å²) < 4.78 is 0.749. The van der Waals surface area contributed by atoms with Crippen molar-refractivity contribution in [3.8, 4) is 0 Å². The van der Waals surface area contributed by atoms with E-state index >= 15 is 0 Å². The third kappa shape index (κ3) is 2.04. The molecule has 1 aromatic rings. The second-order valence-electron chi connectivity index (χ2n) is 3.48. The predicted molar refractivity (Wildman–Crippen MR) is 57.1 cm³/mol. The van der Waals surface area contributed by atoms with Crippen molar-refractivity contribution in [2.24, 2.45) is 5.92 Å². The highest BCUT2D eigenvalue weighted by Gasteiger charge is 2.22. The first-order valence-corrected chi connectivity index (χ1v) is 5.42. The van der Waals surface area contributed by atoms with Gasteiger partial charge in [0.1, 0.15) is 10.4 Å². The van der Waals surface area contributed by atoms with Crippen LogP contribution in [-0.4, -0.2) is 34.8 Å². The Balaban J connectivity index is 2.06. The van der Waals surface area contributed by atoms with E-state index in [1.54, 1.807) is 12.4 Å². The highest BCUT2D eigenvalue weighted by Crippen LogP contribution is 2.21. The number of aromatic nitrogens is 2. The molecule has 1 fully saturated rings. The fourth-order valence-corrected chi connectivity index (χ4v) is 1.86. The van der Waals surface area contributed by atoms with Crippen LogP contribution in [0.5, 0.6) is 0 Å². The van der Waals surface area contributed by atoms with E-state index in [1.807, 2.05) is 0 Å². The lowest BCUT2D eigenvalue weighted by Gasteiger charge is -2.16. The molecule has 76 valence electrons. The summed E-state index contributed by atoms with van der Waals surface area (Å²) in [5, 5.41) is 9.00. The Morgan fingerprint density at radius 2 is 2.36 bits per heavy atom. The van der Waals surface area contributed by atoms with E-state index < -0.39 is 0 Å². The summed E-state index contributed by atoms with van der Waals surface area (Å²) in [4.78, 5) is 10.5. The molecule has 2 rings (SSSR count). The van der Waals surface area contributed by atoms with Gasteiger partial charge in [-0.1, -0.05) is 0 Å². The number of rotatable bonds is 2. The van der Waals surface area contributed by atoms with Crippen LogP contribution < -0.4 is 4.90 Å². The Kier molecular flexibility index (Phi) is 2.98. The molecule has 0 saturated carbocycles. The summed E-state index contributed by atoms with van der Waals surface area (Å²) in [5.74, 6) is 1.28. The van der Waals surface area contributed by atoms with Gasteiger partial charge in [0.2, 0.25) is 0 Å². The molecule has 1 saturated heterocycles. The summed E-state index contributed by atoms with van der Waals surface area (Å²) >= 11 is 3.25. The van der Waals surface area contributed by atoms with E-state index in [1.165, 1.54) is 0 Å². The van der Waals surface area contributed by atoms with Crippen LogP contribution in [0.15, 0.2) is 17.0 Å². The first-order valence-electron chi connectivity index (χ1n) is 4.63. The van der Waals surface area contributed by atoms with Gasteiger partial charge in [-0.05, 0) is 22.4 Å². The van der Waals surface area contributed by atoms with Crippen LogP contribution in [0.1, 0.15) is 6.42 Å². The zero-order chi connectivity index (χ0) is 9.97. The molecule has 1 aliphatic rings. The van der Waals surface area contributed by atoms with Crippen LogP contribution in [0.3, 0.4) is 0 Å². The van der Waals surface area contributed by atoms with E-state index in [-0.39, 0.29) is 6.61 Å². The molecule has 0 amide bonds. The Hall–Kier alpha value is -0.680. The fraction of sp³-hybridized carbons (Fsp3) is 0.556. The van der Waals surface area contributed by atoms with Crippen molar-refractivity contribution >= 4 is 21.7 Å². The molecule has 1 N–H and O–H groups in total. The lowest BCUT2D eigenvalue weighted by molar-refractivity contribution is 0.238. The smallest absolute Gasteiger partial charge is 0.147 e. The van der Waals surface area contributed by atoms with Crippen LogP contribution in [0.25, 0.3) is 0 Å². The second-order valence-corrected chi connectivity index (χ2v) is 4.29. The van der Waals surface area contributed by atoms with E-state index in [4.69, 9.17) is 5.11 Å². The monoisotopic (exact) mass is 257 g/mol. The Labute approximate surface area is 91.1 Å². The van der Waals surface area contributed by atoms with Crippen LogP contribution in [0.4, 0.5) is 5.82 Å². The maximum Gasteiger partial charge on any atom is 0.147 e. The summed E-state index contributed by atoms with van der Waals surface area (Å²) in [6.45, 7) is 2.11. The van der Waals surface area contributed by atoms with Gasteiger partial charge in [-0.3, -0.25) is 0 Å². The van der Waals surface area contributed by atoms with Gasteiger partial charge in [-0.25, -0.2) is 9.97 Å². The van der Waals surface area contributed by atoms with Crippen molar-refractivity contribution in [2.75, 3.05) is 24.6 Å². The van der Waals surface area contributed by atoms with Crippen LogP contribution in [0, 0.1) is 5.92 Å². The van der Waals surface area contributed by atoms with Gasteiger partial charge in [-0.2, -0.15) is 0 Å². The van der Waals surface area contributed by atoms with Gasteiger partial charge in [0.15, 0.2) is 0 Å². The van der Waals surface area contributed by atoms with Gasteiger partial charge in [0.05, 0.1) is 12.4 Å². The maximum atomic E-state index is 9.00. The van der Waals surface area contributed by atoms with E-state index in [0.29, 0.717) is 5.92 Å². The van der Waals surface area contributed by atoms with Crippen molar-refractivity contribution in [3.63, 3.8) is 0 Å². The fourth-order valence-electron chi connectivity index (χ4n) is 1.66. The Morgan fingerprint density at radius 3 is 2.93 bits per heavy atom. The van der Waals surface area contributed by atoms with Gasteiger partial charge in [0, 0.05) is 25.6 Å². The Morgan fingerprint density at radius 1 is 1.50 bits per heavy atom. The molecular formula is C9H12BrN3O. The SMILES string of the molecule is OCC1CCN(c2cnc(Br)cn2)C1. The number of aliphatic hydroxyl groups is 1. The number of nitrogens with zero attached hydrogens (tertiary/aromatic N) is 3. The quantitative estimate of drug-likeness (QED) is 0.861. The first kappa shape index (κ1) is 9.86. The number of hydrogen-bond donors (Lipinski definition) is 1. The lowest BCUT2D eigenvalue weighted by Crippen LogP contribution is -2.21. The average molecular weight is 258 g/mol. The zero-order valence-corrected chi connectivity index (χ0v) is 9.31. The molecule has 1 aliphatic heterocycles. The highest BCUT2D eigenvalue weighted by molar-refractivity contribution is 9.10. The topological polar surface area (TPSA) is 49.2 Å². The number of anilines is 1. The molecule has 0 aliphatic carbocycles. The normalized spacial score (nSPS) is 21.6. The molecule has 0 bridgehead atoms. The molecule has 5 heteroatoms. The first-order chi connectivity index (χ1) is 6.79. The molecule has 14 heavy (non-hydrogen) atoms. The van der Waals surface area contributed by atoms with Crippen LogP contribution in [0.2, 0.25) is 0 Å². The van der Waals surface area contributed by atoms with Gasteiger partial charge in [-0.15, -0.1) is 0 Å². The van der Waals surface area contributed by atoms with Gasteiger partial charge >= 0.3 is 0 Å². The van der Waals surface area contributed by atoms with E-state index in [9.17, 15) is 0 Å². The highest BCUT2D eigenvalue weighted by atomic mass is 79.9. The molecule has 0 aromatic carbocycles. The summed E-state index contributed by atoms with van der Waals surface area (Å²) in [6.07, 6.45) is 4.49. The van der Waals surface area contributed by atoms with E-state index in [0.717, 1.165) is 29.9 Å². The molecule has 0 spiro atoms. The number of aliphatic hydroxyl groups excluding tert-OH is 1. The number of halogens is 1. The molecule has 4 nitrogen and oxygen atoms in total. The third-order valence-corrected chi connectivity index (χ3v) is 2.88. The van der Waals surface area contributed by atoms with Gasteiger partial charge in [0.25, 0.3) is 0 Å². The minimum absolute atomic E-state index is 0.264. The van der Waals surface area contributed by atoms with Crippen molar-refractivity contribution < 1.29 is 5.11 Å². The molecule has 1 aromatic heterocycles. The van der Waals surface area contributed by atoms with E-state index in [2.05, 4.69) is 30.8 Å². The summed E-state index contributed by atoms with van der Waals surface area (Å²) in [5.41, 5.74) is 0. The zero-order valence-electron chi connectivity index (χ0n) is 7.73. The van der Waals surface area contributed by atoms with Crippen molar-refractivity contribution in [2.45, 2.75) is 6.42 Å². The molecule has 2 heterocycles. The predicted octanol–water partition coefficient (Wildman–Crippen LogP) is 1.06. The largest absolute Gasteiger partial charge is 0.396 e. The molecule has 1 unspecified atom stereocenters. The molecule has 0 radical (unpaired) electrons. The van der Waals surface area contributed by atoms with Crippen molar-refractivity contribution in [3.05, 3.63) is 17.0 Å². The second kappa shape index (κ2) is 4.23. The third-order valence-electron chi connectivity index (χ3n) is 2.47. The average Bonchev–Trinajstić information content (AvgIpc) is 2.67. The molecular weight excluding hydrogens is 246 g/mol.